The van der Waals surface area contributed by atoms with Gasteiger partial charge in [-0.2, -0.15) is 4.98 Å². The molecule has 0 saturated carbocycles. The van der Waals surface area contributed by atoms with Crippen LogP contribution >= 0.6 is 0 Å². The van der Waals surface area contributed by atoms with Crippen LogP contribution in [0.1, 0.15) is 47.9 Å². The van der Waals surface area contributed by atoms with E-state index in [1.165, 1.54) is 12.1 Å². The highest BCUT2D eigenvalue weighted by Crippen LogP contribution is 2.27. The molecule has 3 rings (SSSR count). The molecule has 0 radical (unpaired) electrons. The summed E-state index contributed by atoms with van der Waals surface area (Å²) in [5.74, 6) is 0.659. The van der Waals surface area contributed by atoms with Crippen molar-refractivity contribution in [3.63, 3.8) is 0 Å². The number of nitrogens with zero attached hydrogens (tertiary/aromatic N) is 3. The molecule has 0 unspecified atom stereocenters. The molecule has 1 aromatic heterocycles. The number of ether oxygens (including phenoxy) is 1. The molecule has 1 saturated heterocycles. The number of likely N-dealkylation sites (tertiary alicyclic amines) is 1. The Balaban J connectivity index is 1.67. The molecular formula is C18H22FN3O3. The second-order valence-corrected chi connectivity index (χ2v) is 6.36. The maximum atomic E-state index is 13.1. The van der Waals surface area contributed by atoms with Gasteiger partial charge in [0.2, 0.25) is 5.89 Å². The van der Waals surface area contributed by atoms with Gasteiger partial charge in [-0.3, -0.25) is 9.69 Å². The number of hydrogen-bond donors (Lipinski definition) is 0. The normalized spacial score (nSPS) is 19.7. The van der Waals surface area contributed by atoms with Crippen LogP contribution in [0.5, 0.6) is 0 Å². The highest BCUT2D eigenvalue weighted by molar-refractivity contribution is 5.98. The van der Waals surface area contributed by atoms with Gasteiger partial charge in [0.25, 0.3) is 0 Å². The Bertz CT molecular complexity index is 717. The average molecular weight is 347 g/mol. The van der Waals surface area contributed by atoms with Crippen LogP contribution in [0, 0.1) is 11.7 Å². The van der Waals surface area contributed by atoms with Gasteiger partial charge in [0.15, 0.2) is 11.6 Å². The summed E-state index contributed by atoms with van der Waals surface area (Å²) in [5, 5.41) is 3.89. The van der Waals surface area contributed by atoms with E-state index in [4.69, 9.17) is 9.26 Å². The number of ketones is 1. The predicted octanol–water partition coefficient (Wildman–Crippen LogP) is 3.01. The number of methoxy groups -OCH3 is 1. The minimum Gasteiger partial charge on any atom is -0.377 e. The Morgan fingerprint density at radius 2 is 2.20 bits per heavy atom. The van der Waals surface area contributed by atoms with Crippen molar-refractivity contribution in [2.24, 2.45) is 5.92 Å². The van der Waals surface area contributed by atoms with Crippen molar-refractivity contribution in [2.45, 2.75) is 32.4 Å². The lowest BCUT2D eigenvalue weighted by Gasteiger charge is -2.34. The van der Waals surface area contributed by atoms with Crippen LogP contribution in [0.4, 0.5) is 4.39 Å². The first-order valence-electron chi connectivity index (χ1n) is 8.43. The summed E-state index contributed by atoms with van der Waals surface area (Å²) < 4.78 is 23.4. The first-order valence-corrected chi connectivity index (χ1v) is 8.43. The van der Waals surface area contributed by atoms with Crippen molar-refractivity contribution in [1.82, 2.24) is 15.0 Å². The Morgan fingerprint density at radius 1 is 1.44 bits per heavy atom. The van der Waals surface area contributed by atoms with Crippen molar-refractivity contribution in [3.8, 4) is 0 Å². The van der Waals surface area contributed by atoms with E-state index in [1.807, 2.05) is 6.92 Å². The summed E-state index contributed by atoms with van der Waals surface area (Å²) in [5.41, 5.74) is 0.557. The third-order valence-electron chi connectivity index (χ3n) is 4.61. The molecule has 7 heteroatoms. The molecule has 2 aromatic rings. The van der Waals surface area contributed by atoms with Gasteiger partial charge in [0.1, 0.15) is 12.4 Å². The summed E-state index contributed by atoms with van der Waals surface area (Å²) >= 11 is 0. The van der Waals surface area contributed by atoms with Crippen LogP contribution in [0.3, 0.4) is 0 Å². The van der Waals surface area contributed by atoms with E-state index in [9.17, 15) is 9.18 Å². The van der Waals surface area contributed by atoms with Crippen molar-refractivity contribution >= 4 is 5.78 Å². The summed E-state index contributed by atoms with van der Waals surface area (Å²) in [6.07, 6.45) is 1.75. The number of halogens is 1. The smallest absolute Gasteiger partial charge is 0.243 e. The average Bonchev–Trinajstić information content (AvgIpc) is 3.10. The fourth-order valence-corrected chi connectivity index (χ4v) is 3.20. The fourth-order valence-electron chi connectivity index (χ4n) is 3.20. The first-order chi connectivity index (χ1) is 12.1. The Labute approximate surface area is 146 Å². The molecule has 25 heavy (non-hydrogen) atoms. The molecule has 0 bridgehead atoms. The summed E-state index contributed by atoms with van der Waals surface area (Å²) in [4.78, 5) is 19.2. The molecule has 0 amide bonds. The largest absolute Gasteiger partial charge is 0.377 e. The van der Waals surface area contributed by atoms with Crippen LogP contribution < -0.4 is 0 Å². The van der Waals surface area contributed by atoms with Crippen LogP contribution in [-0.2, 0) is 11.3 Å². The van der Waals surface area contributed by atoms with Crippen molar-refractivity contribution in [3.05, 3.63) is 47.4 Å². The number of benzene rings is 1. The Kier molecular flexibility index (Phi) is 5.55. The molecule has 0 N–H and O–H groups in total. The molecule has 1 fully saturated rings. The van der Waals surface area contributed by atoms with E-state index < -0.39 is 0 Å². The van der Waals surface area contributed by atoms with Crippen molar-refractivity contribution < 1.29 is 18.4 Å². The number of carbonyl (C=O) groups is 1. The minimum atomic E-state index is -0.335. The van der Waals surface area contributed by atoms with Gasteiger partial charge in [0.05, 0.1) is 6.04 Å². The molecule has 0 spiro atoms. The number of rotatable bonds is 6. The molecule has 1 aliphatic rings. The Morgan fingerprint density at radius 3 is 2.92 bits per heavy atom. The van der Waals surface area contributed by atoms with E-state index in [1.54, 1.807) is 19.2 Å². The SMILES string of the molecule is COCc1noc([C@@H](C)N2CCC[C@@H](C(=O)c3ccc(F)cc3)C2)n1. The minimum absolute atomic E-state index is 0.0579. The Hall–Kier alpha value is -2.12. The number of Topliss-reactive ketones (excluding diaryl/α,β-unsaturated/α-hetero) is 1. The van der Waals surface area contributed by atoms with E-state index in [0.29, 0.717) is 30.4 Å². The van der Waals surface area contributed by atoms with Crippen molar-refractivity contribution in [2.75, 3.05) is 20.2 Å². The van der Waals surface area contributed by atoms with Crippen LogP contribution in [0.25, 0.3) is 0 Å². The quantitative estimate of drug-likeness (QED) is 0.748. The number of piperidine rings is 1. The van der Waals surface area contributed by atoms with Gasteiger partial charge in [-0.15, -0.1) is 0 Å². The number of carbonyl (C=O) groups excluding carboxylic acids is 1. The molecule has 2 heterocycles. The lowest BCUT2D eigenvalue weighted by molar-refractivity contribution is 0.0730. The van der Waals surface area contributed by atoms with Crippen LogP contribution in [0.15, 0.2) is 28.8 Å². The molecular weight excluding hydrogens is 325 g/mol. The van der Waals surface area contributed by atoms with E-state index in [2.05, 4.69) is 15.0 Å². The number of aromatic nitrogens is 2. The molecule has 0 aliphatic carbocycles. The van der Waals surface area contributed by atoms with Gasteiger partial charge in [0, 0.05) is 25.1 Å². The van der Waals surface area contributed by atoms with Crippen molar-refractivity contribution in [1.29, 1.82) is 0 Å². The number of hydrogen-bond acceptors (Lipinski definition) is 6. The fraction of sp³-hybridized carbons (Fsp3) is 0.500. The van der Waals surface area contributed by atoms with Crippen LogP contribution in [-0.4, -0.2) is 41.0 Å². The lowest BCUT2D eigenvalue weighted by atomic mass is 9.89. The first kappa shape index (κ1) is 17.7. The second-order valence-electron chi connectivity index (χ2n) is 6.36. The molecule has 1 aliphatic heterocycles. The van der Waals surface area contributed by atoms with Gasteiger partial charge in [-0.1, -0.05) is 5.16 Å². The van der Waals surface area contributed by atoms with Gasteiger partial charge in [-0.25, -0.2) is 4.39 Å². The van der Waals surface area contributed by atoms with Crippen LogP contribution in [0.2, 0.25) is 0 Å². The molecule has 1 aromatic carbocycles. The zero-order valence-electron chi connectivity index (χ0n) is 14.4. The van der Waals surface area contributed by atoms with Gasteiger partial charge < -0.3 is 9.26 Å². The molecule has 134 valence electrons. The standard InChI is InChI=1S/C18H22FN3O3/c1-12(18-20-16(11-24-2)21-25-18)22-9-3-4-14(10-22)17(23)13-5-7-15(19)8-6-13/h5-8,12,14H,3-4,9-11H2,1-2H3/t12-,14-/m1/s1. The summed E-state index contributed by atoms with van der Waals surface area (Å²) in [7, 11) is 1.58. The van der Waals surface area contributed by atoms with Gasteiger partial charge in [-0.05, 0) is 50.6 Å². The van der Waals surface area contributed by atoms with E-state index in [-0.39, 0.29) is 23.6 Å². The second kappa shape index (κ2) is 7.84. The predicted molar refractivity (Wildman–Crippen MR) is 88.5 cm³/mol. The highest BCUT2D eigenvalue weighted by Gasteiger charge is 2.31. The maximum absolute atomic E-state index is 13.1. The molecule has 2 atom stereocenters. The summed E-state index contributed by atoms with van der Waals surface area (Å²) in [6, 6.07) is 5.68. The third-order valence-corrected chi connectivity index (χ3v) is 4.61. The molecule has 6 nitrogen and oxygen atoms in total. The van der Waals surface area contributed by atoms with E-state index >= 15 is 0 Å². The lowest BCUT2D eigenvalue weighted by Crippen LogP contribution is -2.40. The van der Waals surface area contributed by atoms with E-state index in [0.717, 1.165) is 19.4 Å². The summed E-state index contributed by atoms with van der Waals surface area (Å²) in [6.45, 7) is 3.80. The van der Waals surface area contributed by atoms with Gasteiger partial charge >= 0.3 is 0 Å². The maximum Gasteiger partial charge on any atom is 0.243 e. The monoisotopic (exact) mass is 347 g/mol. The third kappa shape index (κ3) is 4.11. The zero-order chi connectivity index (χ0) is 17.8. The topological polar surface area (TPSA) is 68.5 Å². The highest BCUT2D eigenvalue weighted by atomic mass is 19.1. The zero-order valence-corrected chi connectivity index (χ0v) is 14.4.